The Bertz CT molecular complexity index is 382. The van der Waals surface area contributed by atoms with Crippen molar-refractivity contribution in [2.75, 3.05) is 31.5 Å². The van der Waals surface area contributed by atoms with Gasteiger partial charge in [0.25, 0.3) is 0 Å². The molecule has 0 aliphatic rings. The molecule has 1 heterocycles. The third kappa shape index (κ3) is 6.08. The number of aromatic nitrogens is 2. The minimum atomic E-state index is 0.505. The van der Waals surface area contributed by atoms with E-state index in [-0.39, 0.29) is 0 Å². The smallest absolute Gasteiger partial charge is 0.203 e. The predicted octanol–water partition coefficient (Wildman–Crippen LogP) is 4.09. The SMILES string of the molecule is CCCCNc1nc(C)cn1C(C)CCCN(CC)CC. The molecule has 0 saturated heterocycles. The Kier molecular flexibility index (Phi) is 8.43. The molecule has 4 nitrogen and oxygen atoms in total. The summed E-state index contributed by atoms with van der Waals surface area (Å²) in [6.07, 6.45) is 7.04. The maximum Gasteiger partial charge on any atom is 0.203 e. The summed E-state index contributed by atoms with van der Waals surface area (Å²) < 4.78 is 2.31. The van der Waals surface area contributed by atoms with Crippen LogP contribution in [0.5, 0.6) is 0 Å². The molecule has 1 atom stereocenters. The van der Waals surface area contributed by atoms with E-state index in [1.807, 2.05) is 0 Å². The highest BCUT2D eigenvalue weighted by Gasteiger charge is 2.12. The van der Waals surface area contributed by atoms with Gasteiger partial charge in [0, 0.05) is 18.8 Å². The highest BCUT2D eigenvalue weighted by molar-refractivity contribution is 5.29. The summed E-state index contributed by atoms with van der Waals surface area (Å²) in [5.41, 5.74) is 1.10. The molecule has 1 aromatic rings. The predicted molar refractivity (Wildman–Crippen MR) is 92.1 cm³/mol. The summed E-state index contributed by atoms with van der Waals surface area (Å²) in [6.45, 7) is 15.6. The van der Waals surface area contributed by atoms with Gasteiger partial charge in [-0.05, 0) is 52.7 Å². The number of anilines is 1. The number of hydrogen-bond acceptors (Lipinski definition) is 3. The van der Waals surface area contributed by atoms with Gasteiger partial charge < -0.3 is 14.8 Å². The van der Waals surface area contributed by atoms with Crippen molar-refractivity contribution in [2.45, 2.75) is 66.3 Å². The number of nitrogens with one attached hydrogen (secondary N) is 1. The van der Waals surface area contributed by atoms with Crippen LogP contribution in [0.25, 0.3) is 0 Å². The van der Waals surface area contributed by atoms with E-state index in [0.717, 1.165) is 31.3 Å². The van der Waals surface area contributed by atoms with E-state index < -0.39 is 0 Å². The molecule has 122 valence electrons. The van der Waals surface area contributed by atoms with Gasteiger partial charge in [-0.2, -0.15) is 0 Å². The second-order valence-corrected chi connectivity index (χ2v) is 5.91. The molecule has 21 heavy (non-hydrogen) atoms. The topological polar surface area (TPSA) is 33.1 Å². The Balaban J connectivity index is 2.50. The molecule has 0 fully saturated rings. The van der Waals surface area contributed by atoms with Gasteiger partial charge in [-0.25, -0.2) is 4.98 Å². The second-order valence-electron chi connectivity index (χ2n) is 5.91. The van der Waals surface area contributed by atoms with E-state index in [4.69, 9.17) is 0 Å². The third-order valence-electron chi connectivity index (χ3n) is 4.13. The summed E-state index contributed by atoms with van der Waals surface area (Å²) >= 11 is 0. The standard InChI is InChI=1S/C17H34N4/c1-6-9-12-18-17-19-15(4)14-21(17)16(5)11-10-13-20(7-2)8-3/h14,16H,6-13H2,1-5H3,(H,18,19). The lowest BCUT2D eigenvalue weighted by atomic mass is 10.1. The van der Waals surface area contributed by atoms with Crippen LogP contribution in [0.15, 0.2) is 6.20 Å². The van der Waals surface area contributed by atoms with Gasteiger partial charge in [0.05, 0.1) is 5.69 Å². The fourth-order valence-electron chi connectivity index (χ4n) is 2.65. The van der Waals surface area contributed by atoms with Crippen LogP contribution in [0.2, 0.25) is 0 Å². The van der Waals surface area contributed by atoms with E-state index in [1.165, 1.54) is 32.2 Å². The van der Waals surface area contributed by atoms with Crippen molar-refractivity contribution in [2.24, 2.45) is 0 Å². The highest BCUT2D eigenvalue weighted by Crippen LogP contribution is 2.20. The second kappa shape index (κ2) is 9.82. The molecule has 0 amide bonds. The van der Waals surface area contributed by atoms with Gasteiger partial charge in [0.15, 0.2) is 0 Å². The highest BCUT2D eigenvalue weighted by atomic mass is 15.2. The van der Waals surface area contributed by atoms with Crippen molar-refractivity contribution in [3.63, 3.8) is 0 Å². The molecular weight excluding hydrogens is 260 g/mol. The Labute approximate surface area is 130 Å². The van der Waals surface area contributed by atoms with Crippen LogP contribution < -0.4 is 5.32 Å². The fraction of sp³-hybridized carbons (Fsp3) is 0.824. The summed E-state index contributed by atoms with van der Waals surface area (Å²) in [4.78, 5) is 7.11. The molecule has 1 rings (SSSR count). The van der Waals surface area contributed by atoms with Crippen molar-refractivity contribution < 1.29 is 0 Å². The van der Waals surface area contributed by atoms with E-state index in [9.17, 15) is 0 Å². The zero-order valence-electron chi connectivity index (χ0n) is 14.7. The average Bonchev–Trinajstić information content (AvgIpc) is 2.85. The number of aryl methyl sites for hydroxylation is 1. The maximum absolute atomic E-state index is 4.62. The van der Waals surface area contributed by atoms with Crippen LogP contribution >= 0.6 is 0 Å². The first-order chi connectivity index (χ1) is 10.1. The third-order valence-corrected chi connectivity index (χ3v) is 4.13. The van der Waals surface area contributed by atoms with Crippen molar-refractivity contribution in [1.29, 1.82) is 0 Å². The maximum atomic E-state index is 4.62. The Hall–Kier alpha value is -1.03. The monoisotopic (exact) mass is 294 g/mol. The molecule has 0 aliphatic carbocycles. The number of hydrogen-bond donors (Lipinski definition) is 1. The van der Waals surface area contributed by atoms with Crippen LogP contribution in [0.1, 0.15) is 65.1 Å². The van der Waals surface area contributed by atoms with E-state index in [1.54, 1.807) is 0 Å². The minimum absolute atomic E-state index is 0.505. The van der Waals surface area contributed by atoms with Crippen molar-refractivity contribution in [1.82, 2.24) is 14.5 Å². The normalized spacial score (nSPS) is 12.9. The number of unbranched alkanes of at least 4 members (excludes halogenated alkanes) is 1. The molecule has 4 heteroatoms. The zero-order chi connectivity index (χ0) is 15.7. The first kappa shape index (κ1) is 18.0. The first-order valence-electron chi connectivity index (χ1n) is 8.64. The first-order valence-corrected chi connectivity index (χ1v) is 8.64. The molecule has 0 spiro atoms. The number of imidazole rings is 1. The zero-order valence-corrected chi connectivity index (χ0v) is 14.7. The molecule has 1 aromatic heterocycles. The van der Waals surface area contributed by atoms with Gasteiger partial charge in [0.1, 0.15) is 0 Å². The molecular formula is C17H34N4. The summed E-state index contributed by atoms with van der Waals surface area (Å²) in [5.74, 6) is 1.04. The van der Waals surface area contributed by atoms with Crippen molar-refractivity contribution in [3.05, 3.63) is 11.9 Å². The van der Waals surface area contributed by atoms with Crippen LogP contribution in [0, 0.1) is 6.92 Å². The minimum Gasteiger partial charge on any atom is -0.356 e. The van der Waals surface area contributed by atoms with Gasteiger partial charge in [0.2, 0.25) is 5.95 Å². The summed E-state index contributed by atoms with van der Waals surface area (Å²) in [5, 5.41) is 3.48. The van der Waals surface area contributed by atoms with E-state index in [2.05, 4.69) is 60.6 Å². The molecule has 1 N–H and O–H groups in total. The number of rotatable bonds is 11. The lowest BCUT2D eigenvalue weighted by Gasteiger charge is -2.21. The fourth-order valence-corrected chi connectivity index (χ4v) is 2.65. The van der Waals surface area contributed by atoms with Crippen molar-refractivity contribution >= 4 is 5.95 Å². The molecule has 0 aromatic carbocycles. The lowest BCUT2D eigenvalue weighted by Crippen LogP contribution is -2.24. The van der Waals surface area contributed by atoms with Gasteiger partial charge in [-0.15, -0.1) is 0 Å². The van der Waals surface area contributed by atoms with E-state index >= 15 is 0 Å². The van der Waals surface area contributed by atoms with E-state index in [0.29, 0.717) is 6.04 Å². The molecule has 1 unspecified atom stereocenters. The molecule has 0 saturated carbocycles. The van der Waals surface area contributed by atoms with Crippen LogP contribution in [-0.2, 0) is 0 Å². The Morgan fingerprint density at radius 2 is 1.95 bits per heavy atom. The van der Waals surface area contributed by atoms with Crippen molar-refractivity contribution in [3.8, 4) is 0 Å². The van der Waals surface area contributed by atoms with Gasteiger partial charge in [-0.3, -0.25) is 0 Å². The Morgan fingerprint density at radius 3 is 2.57 bits per heavy atom. The summed E-state index contributed by atoms with van der Waals surface area (Å²) in [6, 6.07) is 0.505. The molecule has 0 bridgehead atoms. The van der Waals surface area contributed by atoms with Crippen LogP contribution in [-0.4, -0.2) is 40.6 Å². The molecule has 0 aliphatic heterocycles. The number of nitrogens with zero attached hydrogens (tertiary/aromatic N) is 3. The Morgan fingerprint density at radius 1 is 1.24 bits per heavy atom. The van der Waals surface area contributed by atoms with Gasteiger partial charge in [-0.1, -0.05) is 27.2 Å². The quantitative estimate of drug-likeness (QED) is 0.624. The van der Waals surface area contributed by atoms with Crippen LogP contribution in [0.3, 0.4) is 0 Å². The average molecular weight is 294 g/mol. The molecule has 0 radical (unpaired) electrons. The lowest BCUT2D eigenvalue weighted by molar-refractivity contribution is 0.288. The van der Waals surface area contributed by atoms with Crippen LogP contribution in [0.4, 0.5) is 5.95 Å². The van der Waals surface area contributed by atoms with Gasteiger partial charge >= 0.3 is 0 Å². The summed E-state index contributed by atoms with van der Waals surface area (Å²) in [7, 11) is 0. The largest absolute Gasteiger partial charge is 0.356 e.